The van der Waals surface area contributed by atoms with Gasteiger partial charge in [0.1, 0.15) is 0 Å². The molecule has 0 aromatic carbocycles. The molecule has 0 saturated carbocycles. The fourth-order valence-electron chi connectivity index (χ4n) is 0.452. The average molecular weight is 156 g/mol. The monoisotopic (exact) mass is 156 g/mol. The molecule has 0 aromatic heterocycles. The molecule has 0 heterocycles. The van der Waals surface area contributed by atoms with Crippen molar-refractivity contribution in [2.75, 3.05) is 0 Å². The first kappa shape index (κ1) is 9.70. The van der Waals surface area contributed by atoms with Crippen molar-refractivity contribution in [3.8, 4) is 24.3 Å². The van der Waals surface area contributed by atoms with Crippen molar-refractivity contribution in [3.05, 3.63) is 12.2 Å². The van der Waals surface area contributed by atoms with Gasteiger partial charge in [0.2, 0.25) is 0 Å². The SMILES string of the molecule is N#CC(C#N)/C=C/C(C#N)C#N. The maximum Gasteiger partial charge on any atom is 0.151 e. The Bertz CT molecular complexity index is 266. The normalized spacial score (nSPS) is 8.83. The van der Waals surface area contributed by atoms with E-state index in [1.54, 1.807) is 24.3 Å². The van der Waals surface area contributed by atoms with Crippen LogP contribution in [-0.2, 0) is 0 Å². The van der Waals surface area contributed by atoms with Gasteiger partial charge in [-0.3, -0.25) is 0 Å². The van der Waals surface area contributed by atoms with Crippen LogP contribution in [0, 0.1) is 57.2 Å². The van der Waals surface area contributed by atoms with Crippen LogP contribution in [0.5, 0.6) is 0 Å². The highest BCUT2D eigenvalue weighted by Crippen LogP contribution is 1.99. The van der Waals surface area contributed by atoms with Crippen molar-refractivity contribution < 1.29 is 0 Å². The van der Waals surface area contributed by atoms with Crippen LogP contribution < -0.4 is 0 Å². The third kappa shape index (κ3) is 3.02. The fraction of sp³-hybridized carbons (Fsp3) is 0.250. The van der Waals surface area contributed by atoms with E-state index in [0.717, 1.165) is 0 Å². The third-order valence-corrected chi connectivity index (χ3v) is 1.05. The van der Waals surface area contributed by atoms with Crippen molar-refractivity contribution >= 4 is 0 Å². The molecule has 0 amide bonds. The van der Waals surface area contributed by atoms with Gasteiger partial charge in [-0.15, -0.1) is 0 Å². The first-order chi connectivity index (χ1) is 5.78. The van der Waals surface area contributed by atoms with Gasteiger partial charge in [-0.1, -0.05) is 12.2 Å². The van der Waals surface area contributed by atoms with E-state index < -0.39 is 11.8 Å². The molecule has 56 valence electrons. The number of hydrogen-bond acceptors (Lipinski definition) is 4. The molecular formula is C8H4N4. The lowest BCUT2D eigenvalue weighted by Gasteiger charge is -1.88. The van der Waals surface area contributed by atoms with E-state index in [0.29, 0.717) is 0 Å². The molecule has 0 rings (SSSR count). The second-order valence-electron chi connectivity index (χ2n) is 1.86. The summed E-state index contributed by atoms with van der Waals surface area (Å²) in [4.78, 5) is 0. The molecule has 0 aliphatic carbocycles. The van der Waals surface area contributed by atoms with Crippen molar-refractivity contribution in [3.63, 3.8) is 0 Å². The Kier molecular flexibility index (Phi) is 4.43. The summed E-state index contributed by atoms with van der Waals surface area (Å²) < 4.78 is 0. The standard InChI is InChI=1S/C8H4N4/c9-3-7(4-10)1-2-8(5-11)6-12/h1-2,7-8H/b2-1+. The quantitative estimate of drug-likeness (QED) is 0.554. The van der Waals surface area contributed by atoms with Crippen LogP contribution in [0.4, 0.5) is 0 Å². The van der Waals surface area contributed by atoms with Crippen molar-refractivity contribution in [1.29, 1.82) is 21.0 Å². The summed E-state index contributed by atoms with van der Waals surface area (Å²) in [5, 5.41) is 33.2. The minimum Gasteiger partial charge on any atom is -0.197 e. The highest BCUT2D eigenvalue weighted by Gasteiger charge is 2.02. The molecule has 0 spiro atoms. The van der Waals surface area contributed by atoms with Crippen LogP contribution in [-0.4, -0.2) is 0 Å². The highest BCUT2D eigenvalue weighted by molar-refractivity contribution is 5.18. The molecule has 0 saturated heterocycles. The summed E-state index contributed by atoms with van der Waals surface area (Å²) in [5.41, 5.74) is 0. The smallest absolute Gasteiger partial charge is 0.151 e. The fourth-order valence-corrected chi connectivity index (χ4v) is 0.452. The minimum atomic E-state index is -0.880. The number of nitriles is 4. The zero-order valence-corrected chi connectivity index (χ0v) is 6.10. The summed E-state index contributed by atoms with van der Waals surface area (Å²) in [7, 11) is 0. The molecular weight excluding hydrogens is 152 g/mol. The predicted molar refractivity (Wildman–Crippen MR) is 38.6 cm³/mol. The summed E-state index contributed by atoms with van der Waals surface area (Å²) in [6.45, 7) is 0. The molecule has 0 radical (unpaired) electrons. The van der Waals surface area contributed by atoms with Gasteiger partial charge in [0.15, 0.2) is 11.8 Å². The zero-order chi connectivity index (χ0) is 9.40. The average Bonchev–Trinajstić information content (AvgIpc) is 2.13. The molecule has 0 aliphatic heterocycles. The summed E-state index contributed by atoms with van der Waals surface area (Å²) >= 11 is 0. The Labute approximate surface area is 70.2 Å². The molecule has 0 bridgehead atoms. The molecule has 0 N–H and O–H groups in total. The van der Waals surface area contributed by atoms with Gasteiger partial charge in [0.25, 0.3) is 0 Å². The van der Waals surface area contributed by atoms with Gasteiger partial charge in [0, 0.05) is 0 Å². The van der Waals surface area contributed by atoms with Crippen molar-refractivity contribution in [1.82, 2.24) is 0 Å². The van der Waals surface area contributed by atoms with Gasteiger partial charge in [-0.25, -0.2) is 0 Å². The molecule has 0 aromatic rings. The van der Waals surface area contributed by atoms with Crippen molar-refractivity contribution in [2.24, 2.45) is 11.8 Å². The van der Waals surface area contributed by atoms with Gasteiger partial charge >= 0.3 is 0 Å². The number of nitrogens with zero attached hydrogens (tertiary/aromatic N) is 4. The number of rotatable bonds is 2. The van der Waals surface area contributed by atoms with Gasteiger partial charge in [-0.2, -0.15) is 21.0 Å². The van der Waals surface area contributed by atoms with Gasteiger partial charge in [-0.05, 0) is 0 Å². The molecule has 0 aliphatic rings. The predicted octanol–water partition coefficient (Wildman–Crippen LogP) is 0.869. The molecule has 4 nitrogen and oxygen atoms in total. The summed E-state index contributed by atoms with van der Waals surface area (Å²) in [6, 6.07) is 6.75. The lowest BCUT2D eigenvalue weighted by Crippen LogP contribution is -1.90. The van der Waals surface area contributed by atoms with Crippen LogP contribution in [0.15, 0.2) is 12.2 Å². The first-order valence-electron chi connectivity index (χ1n) is 3.05. The Morgan fingerprint density at radius 2 is 0.917 bits per heavy atom. The van der Waals surface area contributed by atoms with Gasteiger partial charge in [0.05, 0.1) is 24.3 Å². The molecule has 0 fully saturated rings. The maximum absolute atomic E-state index is 8.29. The van der Waals surface area contributed by atoms with Crippen LogP contribution in [0.2, 0.25) is 0 Å². The molecule has 4 heteroatoms. The van der Waals surface area contributed by atoms with Crippen LogP contribution in [0.25, 0.3) is 0 Å². The molecule has 12 heavy (non-hydrogen) atoms. The minimum absolute atomic E-state index is 0.880. The second kappa shape index (κ2) is 5.48. The van der Waals surface area contributed by atoms with E-state index in [-0.39, 0.29) is 0 Å². The topological polar surface area (TPSA) is 95.2 Å². The molecule has 0 atom stereocenters. The Hall–Kier alpha value is -2.30. The van der Waals surface area contributed by atoms with Crippen LogP contribution in [0.1, 0.15) is 0 Å². The summed E-state index contributed by atoms with van der Waals surface area (Å²) in [6.07, 6.45) is 2.49. The Balaban J connectivity index is 4.30. The summed E-state index contributed by atoms with van der Waals surface area (Å²) in [5.74, 6) is -1.76. The number of hydrogen-bond donors (Lipinski definition) is 0. The van der Waals surface area contributed by atoms with E-state index in [9.17, 15) is 0 Å². The van der Waals surface area contributed by atoms with Crippen LogP contribution >= 0.6 is 0 Å². The van der Waals surface area contributed by atoms with E-state index in [4.69, 9.17) is 21.0 Å². The van der Waals surface area contributed by atoms with Gasteiger partial charge < -0.3 is 0 Å². The Morgan fingerprint density at radius 3 is 1.08 bits per heavy atom. The number of allylic oxidation sites excluding steroid dienone is 2. The Morgan fingerprint density at radius 1 is 0.667 bits per heavy atom. The third-order valence-electron chi connectivity index (χ3n) is 1.05. The zero-order valence-electron chi connectivity index (χ0n) is 6.10. The van der Waals surface area contributed by atoms with E-state index in [1.165, 1.54) is 12.2 Å². The van der Waals surface area contributed by atoms with E-state index >= 15 is 0 Å². The largest absolute Gasteiger partial charge is 0.197 e. The van der Waals surface area contributed by atoms with Crippen molar-refractivity contribution in [2.45, 2.75) is 0 Å². The maximum atomic E-state index is 8.29. The van der Waals surface area contributed by atoms with Crippen LogP contribution in [0.3, 0.4) is 0 Å². The lowest BCUT2D eigenvalue weighted by atomic mass is 10.1. The molecule has 0 unspecified atom stereocenters. The second-order valence-corrected chi connectivity index (χ2v) is 1.86. The van der Waals surface area contributed by atoms with E-state index in [1.807, 2.05) is 0 Å². The first-order valence-corrected chi connectivity index (χ1v) is 3.05. The lowest BCUT2D eigenvalue weighted by molar-refractivity contribution is 1.03. The van der Waals surface area contributed by atoms with E-state index in [2.05, 4.69) is 0 Å². The highest BCUT2D eigenvalue weighted by atomic mass is 14.3.